The topological polar surface area (TPSA) is 68.5 Å². The van der Waals surface area contributed by atoms with E-state index in [1.165, 1.54) is 0 Å². The van der Waals surface area contributed by atoms with Crippen LogP contribution in [-0.2, 0) is 0 Å². The summed E-state index contributed by atoms with van der Waals surface area (Å²) < 4.78 is 5.33. The second kappa shape index (κ2) is 6.41. The highest BCUT2D eigenvalue weighted by molar-refractivity contribution is 5.42. The number of aromatic hydroxyl groups is 1. The van der Waals surface area contributed by atoms with Crippen molar-refractivity contribution < 1.29 is 9.84 Å². The first-order chi connectivity index (χ1) is 9.26. The first kappa shape index (κ1) is 13.7. The van der Waals surface area contributed by atoms with Crippen LogP contribution in [0.15, 0.2) is 18.2 Å². The predicted octanol–water partition coefficient (Wildman–Crippen LogP) is 1.26. The van der Waals surface area contributed by atoms with Crippen molar-refractivity contribution in [2.75, 3.05) is 33.3 Å². The molecule has 5 nitrogen and oxygen atoms in total. The zero-order valence-corrected chi connectivity index (χ0v) is 11.1. The van der Waals surface area contributed by atoms with E-state index in [1.807, 2.05) is 6.07 Å². The lowest BCUT2D eigenvalue weighted by Crippen LogP contribution is -2.45. The van der Waals surface area contributed by atoms with Crippen molar-refractivity contribution in [2.24, 2.45) is 0 Å². The molecule has 1 heterocycles. The number of phenols is 1. The Morgan fingerprint density at radius 2 is 2.21 bits per heavy atom. The van der Waals surface area contributed by atoms with Crippen LogP contribution in [0.4, 0.5) is 0 Å². The number of nitriles is 1. The molecule has 102 valence electrons. The zero-order valence-electron chi connectivity index (χ0n) is 11.1. The standard InChI is InChI=1S/C14H19N3O2/c1-19-14-10-11(18)2-3-12(14)13(4-5-15)17-8-6-16-7-9-17/h2-3,10,13,16,18H,4,6-9H2,1H3/t13-/m0/s1. The highest BCUT2D eigenvalue weighted by Gasteiger charge is 2.24. The molecule has 1 aliphatic rings. The SMILES string of the molecule is COc1cc(O)ccc1[C@H](CC#N)N1CCNCC1. The smallest absolute Gasteiger partial charge is 0.127 e. The molecule has 0 aromatic heterocycles. The second-order valence-corrected chi connectivity index (χ2v) is 4.59. The summed E-state index contributed by atoms with van der Waals surface area (Å²) in [6, 6.07) is 7.35. The number of nitrogens with zero attached hydrogens (tertiary/aromatic N) is 2. The zero-order chi connectivity index (χ0) is 13.7. The molecule has 2 rings (SSSR count). The molecule has 0 unspecified atom stereocenters. The first-order valence-electron chi connectivity index (χ1n) is 6.45. The van der Waals surface area contributed by atoms with Gasteiger partial charge in [-0.2, -0.15) is 5.26 Å². The van der Waals surface area contributed by atoms with Gasteiger partial charge in [0.15, 0.2) is 0 Å². The summed E-state index contributed by atoms with van der Waals surface area (Å²) in [6.45, 7) is 3.69. The van der Waals surface area contributed by atoms with E-state index in [0.717, 1.165) is 31.7 Å². The Bertz CT molecular complexity index is 464. The number of nitrogens with one attached hydrogen (secondary N) is 1. The number of hydrogen-bond donors (Lipinski definition) is 2. The average molecular weight is 261 g/mol. The number of benzene rings is 1. The van der Waals surface area contributed by atoms with Crippen LogP contribution in [0.2, 0.25) is 0 Å². The number of methoxy groups -OCH3 is 1. The monoisotopic (exact) mass is 261 g/mol. The van der Waals surface area contributed by atoms with Gasteiger partial charge >= 0.3 is 0 Å². The van der Waals surface area contributed by atoms with E-state index in [9.17, 15) is 5.11 Å². The van der Waals surface area contributed by atoms with Gasteiger partial charge in [-0.1, -0.05) is 6.07 Å². The van der Waals surface area contributed by atoms with Crippen molar-refractivity contribution in [3.05, 3.63) is 23.8 Å². The van der Waals surface area contributed by atoms with Crippen LogP contribution in [0.5, 0.6) is 11.5 Å². The fourth-order valence-electron chi connectivity index (χ4n) is 2.49. The Morgan fingerprint density at radius 3 is 2.84 bits per heavy atom. The number of rotatable bonds is 4. The highest BCUT2D eigenvalue weighted by Crippen LogP contribution is 2.34. The minimum atomic E-state index is 0.0163. The third-order valence-corrected chi connectivity index (χ3v) is 3.45. The van der Waals surface area contributed by atoms with Crippen molar-refractivity contribution in [1.82, 2.24) is 10.2 Å². The molecule has 2 N–H and O–H groups in total. The Morgan fingerprint density at radius 1 is 1.47 bits per heavy atom. The van der Waals surface area contributed by atoms with E-state index >= 15 is 0 Å². The van der Waals surface area contributed by atoms with Gasteiger partial charge < -0.3 is 15.2 Å². The minimum absolute atomic E-state index is 0.0163. The van der Waals surface area contributed by atoms with Gasteiger partial charge in [-0.3, -0.25) is 4.90 Å². The summed E-state index contributed by atoms with van der Waals surface area (Å²) in [5.74, 6) is 0.815. The van der Waals surface area contributed by atoms with Crippen LogP contribution in [-0.4, -0.2) is 43.3 Å². The molecule has 1 saturated heterocycles. The summed E-state index contributed by atoms with van der Waals surface area (Å²) in [5, 5.41) is 21.9. The molecule has 0 aliphatic carbocycles. The number of phenolic OH excluding ortho intramolecular Hbond substituents is 1. The molecule has 1 atom stereocenters. The van der Waals surface area contributed by atoms with Crippen LogP contribution < -0.4 is 10.1 Å². The van der Waals surface area contributed by atoms with Gasteiger partial charge in [-0.25, -0.2) is 0 Å². The van der Waals surface area contributed by atoms with Gasteiger partial charge in [0.25, 0.3) is 0 Å². The molecule has 0 amide bonds. The van der Waals surface area contributed by atoms with E-state index in [1.54, 1.807) is 19.2 Å². The summed E-state index contributed by atoms with van der Waals surface area (Å²) in [6.07, 6.45) is 0.418. The van der Waals surface area contributed by atoms with E-state index in [2.05, 4.69) is 16.3 Å². The summed E-state index contributed by atoms with van der Waals surface area (Å²) in [4.78, 5) is 2.29. The lowest BCUT2D eigenvalue weighted by atomic mass is 10.0. The van der Waals surface area contributed by atoms with Gasteiger partial charge in [0.2, 0.25) is 0 Å². The summed E-state index contributed by atoms with van der Waals surface area (Å²) >= 11 is 0. The average Bonchev–Trinajstić information content (AvgIpc) is 2.46. The molecule has 1 aliphatic heterocycles. The molecule has 0 spiro atoms. The molecular formula is C14H19N3O2. The van der Waals surface area contributed by atoms with Crippen molar-refractivity contribution in [3.8, 4) is 17.6 Å². The van der Waals surface area contributed by atoms with Crippen molar-refractivity contribution in [2.45, 2.75) is 12.5 Å². The molecule has 19 heavy (non-hydrogen) atoms. The molecule has 0 bridgehead atoms. The fraction of sp³-hybridized carbons (Fsp3) is 0.500. The Hall–Kier alpha value is -1.77. The van der Waals surface area contributed by atoms with Crippen LogP contribution in [0.3, 0.4) is 0 Å². The Balaban J connectivity index is 2.30. The Labute approximate surface area is 113 Å². The summed E-state index contributed by atoms with van der Waals surface area (Å²) in [7, 11) is 1.58. The maximum atomic E-state index is 9.52. The van der Waals surface area contributed by atoms with Crippen LogP contribution in [0.25, 0.3) is 0 Å². The number of piperazine rings is 1. The molecule has 1 aromatic rings. The van der Waals surface area contributed by atoms with Gasteiger partial charge in [-0.15, -0.1) is 0 Å². The molecule has 5 heteroatoms. The van der Waals surface area contributed by atoms with E-state index in [-0.39, 0.29) is 11.8 Å². The quantitative estimate of drug-likeness (QED) is 0.854. The van der Waals surface area contributed by atoms with Crippen molar-refractivity contribution in [3.63, 3.8) is 0 Å². The third-order valence-electron chi connectivity index (χ3n) is 3.45. The Kier molecular flexibility index (Phi) is 4.61. The lowest BCUT2D eigenvalue weighted by Gasteiger charge is -2.34. The normalized spacial score (nSPS) is 17.7. The second-order valence-electron chi connectivity index (χ2n) is 4.59. The number of ether oxygens (including phenoxy) is 1. The van der Waals surface area contributed by atoms with Gasteiger partial charge in [0.1, 0.15) is 11.5 Å². The molecule has 1 fully saturated rings. The van der Waals surface area contributed by atoms with Gasteiger partial charge in [-0.05, 0) is 6.07 Å². The number of hydrogen-bond acceptors (Lipinski definition) is 5. The minimum Gasteiger partial charge on any atom is -0.508 e. The van der Waals surface area contributed by atoms with Gasteiger partial charge in [0, 0.05) is 37.8 Å². The molecular weight excluding hydrogens is 242 g/mol. The largest absolute Gasteiger partial charge is 0.508 e. The lowest BCUT2D eigenvalue weighted by molar-refractivity contribution is 0.172. The van der Waals surface area contributed by atoms with E-state index < -0.39 is 0 Å². The fourth-order valence-corrected chi connectivity index (χ4v) is 2.49. The van der Waals surface area contributed by atoms with Crippen LogP contribution in [0, 0.1) is 11.3 Å². The van der Waals surface area contributed by atoms with Crippen molar-refractivity contribution in [1.29, 1.82) is 5.26 Å². The van der Waals surface area contributed by atoms with Crippen LogP contribution >= 0.6 is 0 Å². The maximum absolute atomic E-state index is 9.52. The molecule has 0 saturated carbocycles. The third kappa shape index (κ3) is 3.16. The highest BCUT2D eigenvalue weighted by atomic mass is 16.5. The van der Waals surface area contributed by atoms with Crippen LogP contribution in [0.1, 0.15) is 18.0 Å². The van der Waals surface area contributed by atoms with Crippen molar-refractivity contribution >= 4 is 0 Å². The van der Waals surface area contributed by atoms with E-state index in [4.69, 9.17) is 10.00 Å². The molecule has 1 aromatic carbocycles. The van der Waals surface area contributed by atoms with E-state index in [0.29, 0.717) is 12.2 Å². The first-order valence-corrected chi connectivity index (χ1v) is 6.45. The predicted molar refractivity (Wildman–Crippen MR) is 72.1 cm³/mol. The molecule has 0 radical (unpaired) electrons. The summed E-state index contributed by atoms with van der Waals surface area (Å²) in [5.41, 5.74) is 0.962. The maximum Gasteiger partial charge on any atom is 0.127 e. The van der Waals surface area contributed by atoms with Gasteiger partial charge in [0.05, 0.1) is 25.6 Å².